The van der Waals surface area contributed by atoms with Crippen LogP contribution in [0.25, 0.3) is 0 Å². The molecule has 1 saturated carbocycles. The fourth-order valence-corrected chi connectivity index (χ4v) is 2.32. The second kappa shape index (κ2) is 4.77. The van der Waals surface area contributed by atoms with Gasteiger partial charge in [0.2, 0.25) is 5.91 Å². The SMILES string of the molecule is O=C1CCCN(C(=O)CCC2CCC2)C1. The second-order valence-corrected chi connectivity index (χ2v) is 4.79. The molecular formula is C12H19NO2. The number of ketones is 1. The van der Waals surface area contributed by atoms with E-state index in [1.165, 1.54) is 19.3 Å². The molecule has 0 bridgehead atoms. The lowest BCUT2D eigenvalue weighted by Crippen LogP contribution is -2.40. The van der Waals surface area contributed by atoms with Crippen LogP contribution in [-0.4, -0.2) is 29.7 Å². The van der Waals surface area contributed by atoms with Crippen LogP contribution in [0.5, 0.6) is 0 Å². The van der Waals surface area contributed by atoms with Gasteiger partial charge in [0, 0.05) is 19.4 Å². The normalized spacial score (nSPS) is 22.7. The summed E-state index contributed by atoms with van der Waals surface area (Å²) in [6.45, 7) is 1.15. The molecular weight excluding hydrogens is 190 g/mol. The molecule has 84 valence electrons. The lowest BCUT2D eigenvalue weighted by Gasteiger charge is -2.28. The Morgan fingerprint density at radius 2 is 2.13 bits per heavy atom. The molecule has 3 heteroatoms. The van der Waals surface area contributed by atoms with E-state index < -0.39 is 0 Å². The van der Waals surface area contributed by atoms with Gasteiger partial charge < -0.3 is 4.90 Å². The summed E-state index contributed by atoms with van der Waals surface area (Å²) in [6, 6.07) is 0. The van der Waals surface area contributed by atoms with Crippen LogP contribution in [0.15, 0.2) is 0 Å². The first-order chi connectivity index (χ1) is 7.25. The molecule has 15 heavy (non-hydrogen) atoms. The van der Waals surface area contributed by atoms with Gasteiger partial charge in [-0.1, -0.05) is 19.3 Å². The summed E-state index contributed by atoms with van der Waals surface area (Å²) >= 11 is 0. The van der Waals surface area contributed by atoms with Crippen molar-refractivity contribution in [1.29, 1.82) is 0 Å². The van der Waals surface area contributed by atoms with Gasteiger partial charge in [-0.25, -0.2) is 0 Å². The highest BCUT2D eigenvalue weighted by molar-refractivity contribution is 5.87. The van der Waals surface area contributed by atoms with E-state index in [0.29, 0.717) is 19.4 Å². The van der Waals surface area contributed by atoms with E-state index in [-0.39, 0.29) is 11.7 Å². The van der Waals surface area contributed by atoms with Gasteiger partial charge in [0.15, 0.2) is 5.78 Å². The van der Waals surface area contributed by atoms with E-state index in [9.17, 15) is 9.59 Å². The van der Waals surface area contributed by atoms with E-state index in [0.717, 1.165) is 25.3 Å². The third-order valence-corrected chi connectivity index (χ3v) is 3.59. The maximum absolute atomic E-state index is 11.8. The number of hydrogen-bond acceptors (Lipinski definition) is 2. The Morgan fingerprint density at radius 3 is 2.73 bits per heavy atom. The van der Waals surface area contributed by atoms with Crippen molar-refractivity contribution in [3.8, 4) is 0 Å². The number of piperidine rings is 1. The van der Waals surface area contributed by atoms with Gasteiger partial charge in [0.25, 0.3) is 0 Å². The van der Waals surface area contributed by atoms with Crippen molar-refractivity contribution in [2.24, 2.45) is 5.92 Å². The minimum Gasteiger partial charge on any atom is -0.335 e. The van der Waals surface area contributed by atoms with Crippen molar-refractivity contribution in [1.82, 2.24) is 4.90 Å². The second-order valence-electron chi connectivity index (χ2n) is 4.79. The van der Waals surface area contributed by atoms with Crippen LogP contribution in [0.3, 0.4) is 0 Å². The van der Waals surface area contributed by atoms with Crippen LogP contribution >= 0.6 is 0 Å². The standard InChI is InChI=1S/C12H19NO2/c14-11-5-2-8-13(9-11)12(15)7-6-10-3-1-4-10/h10H,1-9H2. The molecule has 0 spiro atoms. The summed E-state index contributed by atoms with van der Waals surface area (Å²) in [5.41, 5.74) is 0. The number of rotatable bonds is 3. The molecule has 0 aromatic rings. The first kappa shape index (κ1) is 10.7. The van der Waals surface area contributed by atoms with Crippen molar-refractivity contribution in [3.05, 3.63) is 0 Å². The molecule has 0 aromatic carbocycles. The Balaban J connectivity index is 1.71. The molecule has 0 aromatic heterocycles. The molecule has 1 amide bonds. The zero-order chi connectivity index (χ0) is 10.7. The van der Waals surface area contributed by atoms with E-state index in [4.69, 9.17) is 0 Å². The van der Waals surface area contributed by atoms with Gasteiger partial charge in [-0.15, -0.1) is 0 Å². The average molecular weight is 209 g/mol. The van der Waals surface area contributed by atoms with E-state index >= 15 is 0 Å². The van der Waals surface area contributed by atoms with Crippen molar-refractivity contribution < 1.29 is 9.59 Å². The van der Waals surface area contributed by atoms with Crippen LogP contribution < -0.4 is 0 Å². The number of nitrogens with zero attached hydrogens (tertiary/aromatic N) is 1. The highest BCUT2D eigenvalue weighted by Crippen LogP contribution is 2.30. The van der Waals surface area contributed by atoms with Gasteiger partial charge in [0.05, 0.1) is 6.54 Å². The average Bonchev–Trinajstić information content (AvgIpc) is 2.15. The van der Waals surface area contributed by atoms with E-state index in [1.54, 1.807) is 4.90 Å². The van der Waals surface area contributed by atoms with E-state index in [1.807, 2.05) is 0 Å². The number of hydrogen-bond donors (Lipinski definition) is 0. The molecule has 0 unspecified atom stereocenters. The van der Waals surface area contributed by atoms with Gasteiger partial charge in [-0.2, -0.15) is 0 Å². The summed E-state index contributed by atoms with van der Waals surface area (Å²) < 4.78 is 0. The number of carbonyl (C=O) groups is 2. The Bertz CT molecular complexity index is 258. The highest BCUT2D eigenvalue weighted by Gasteiger charge is 2.23. The summed E-state index contributed by atoms with van der Waals surface area (Å²) in [7, 11) is 0. The van der Waals surface area contributed by atoms with Crippen LogP contribution in [0.1, 0.15) is 44.9 Å². The Labute approximate surface area is 90.8 Å². The summed E-state index contributed by atoms with van der Waals surface area (Å²) in [5, 5.41) is 0. The topological polar surface area (TPSA) is 37.4 Å². The van der Waals surface area contributed by atoms with Crippen LogP contribution in [0.4, 0.5) is 0 Å². The minimum atomic E-state index is 0.190. The maximum Gasteiger partial charge on any atom is 0.222 e. The van der Waals surface area contributed by atoms with Gasteiger partial charge in [-0.05, 0) is 18.8 Å². The smallest absolute Gasteiger partial charge is 0.222 e. The molecule has 0 radical (unpaired) electrons. The predicted octanol–water partition coefficient (Wildman–Crippen LogP) is 1.76. The first-order valence-electron chi connectivity index (χ1n) is 6.05. The zero-order valence-electron chi connectivity index (χ0n) is 9.21. The number of carbonyl (C=O) groups excluding carboxylic acids is 2. The summed E-state index contributed by atoms with van der Waals surface area (Å²) in [4.78, 5) is 24.7. The fraction of sp³-hybridized carbons (Fsp3) is 0.833. The molecule has 2 aliphatic rings. The Morgan fingerprint density at radius 1 is 1.33 bits per heavy atom. The van der Waals surface area contributed by atoms with Crippen LogP contribution in [0, 0.1) is 5.92 Å². The third kappa shape index (κ3) is 2.80. The number of Topliss-reactive ketones (excluding diaryl/α,β-unsaturated/α-hetero) is 1. The molecule has 1 heterocycles. The minimum absolute atomic E-state index is 0.190. The highest BCUT2D eigenvalue weighted by atomic mass is 16.2. The molecule has 1 aliphatic carbocycles. The lowest BCUT2D eigenvalue weighted by atomic mass is 9.82. The molecule has 1 saturated heterocycles. The number of amides is 1. The van der Waals surface area contributed by atoms with Crippen LogP contribution in [-0.2, 0) is 9.59 Å². The quantitative estimate of drug-likeness (QED) is 0.710. The van der Waals surface area contributed by atoms with Gasteiger partial charge >= 0.3 is 0 Å². The molecule has 2 rings (SSSR count). The molecule has 0 atom stereocenters. The van der Waals surface area contributed by atoms with Crippen molar-refractivity contribution in [3.63, 3.8) is 0 Å². The first-order valence-corrected chi connectivity index (χ1v) is 6.05. The Hall–Kier alpha value is -0.860. The van der Waals surface area contributed by atoms with Gasteiger partial charge in [0.1, 0.15) is 0 Å². The van der Waals surface area contributed by atoms with E-state index in [2.05, 4.69) is 0 Å². The fourth-order valence-electron chi connectivity index (χ4n) is 2.32. The van der Waals surface area contributed by atoms with Crippen LogP contribution in [0.2, 0.25) is 0 Å². The Kier molecular flexibility index (Phi) is 3.39. The lowest BCUT2D eigenvalue weighted by molar-refractivity contribution is -0.137. The summed E-state index contributed by atoms with van der Waals surface area (Å²) in [5.74, 6) is 1.20. The maximum atomic E-state index is 11.8. The number of likely N-dealkylation sites (tertiary alicyclic amines) is 1. The molecule has 2 fully saturated rings. The molecule has 3 nitrogen and oxygen atoms in total. The monoisotopic (exact) mass is 209 g/mol. The summed E-state index contributed by atoms with van der Waals surface area (Å²) in [6.07, 6.45) is 7.13. The van der Waals surface area contributed by atoms with Crippen molar-refractivity contribution >= 4 is 11.7 Å². The molecule has 0 N–H and O–H groups in total. The third-order valence-electron chi connectivity index (χ3n) is 3.59. The van der Waals surface area contributed by atoms with Crippen molar-refractivity contribution in [2.45, 2.75) is 44.9 Å². The van der Waals surface area contributed by atoms with Crippen molar-refractivity contribution in [2.75, 3.05) is 13.1 Å². The molecule has 1 aliphatic heterocycles. The largest absolute Gasteiger partial charge is 0.335 e. The predicted molar refractivity (Wildman–Crippen MR) is 57.4 cm³/mol. The zero-order valence-corrected chi connectivity index (χ0v) is 9.21. The van der Waals surface area contributed by atoms with Gasteiger partial charge in [-0.3, -0.25) is 9.59 Å².